The van der Waals surface area contributed by atoms with E-state index in [0.29, 0.717) is 0 Å². The van der Waals surface area contributed by atoms with Gasteiger partial charge in [0, 0.05) is 5.92 Å². The van der Waals surface area contributed by atoms with Crippen LogP contribution in [0, 0.1) is 0 Å². The van der Waals surface area contributed by atoms with E-state index in [1.54, 1.807) is 0 Å². The number of nitrogens with one attached hydrogen (secondary N) is 1. The number of hydrogen-bond donors (Lipinski definition) is 2. The summed E-state index contributed by atoms with van der Waals surface area (Å²) in [6, 6.07) is 14.6. The Bertz CT molecular complexity index is 848. The number of carboxylic acid groups (broad SMARTS) is 1. The molecule has 0 bridgehead atoms. The maximum atomic E-state index is 12.2. The second-order valence-electron chi connectivity index (χ2n) is 6.16. The van der Waals surface area contributed by atoms with Crippen LogP contribution >= 0.6 is 0 Å². The van der Waals surface area contributed by atoms with Crippen molar-refractivity contribution in [2.24, 2.45) is 5.16 Å². The van der Waals surface area contributed by atoms with Crippen LogP contribution in [0.2, 0.25) is 0 Å². The lowest BCUT2D eigenvalue weighted by Gasteiger charge is -2.17. The second-order valence-corrected chi connectivity index (χ2v) is 6.16. The standard InChI is InChI=1S/C20H20N2O5/c1-12(22-26-2)18(19(23)24)21-20(25)27-11-17-15-9-5-3-7-13(15)14-8-4-6-10-16(14)17/h3-10,17-18H,11H2,1-2H3,(H,21,25)(H,23,24)/t18-/m0/s1. The van der Waals surface area contributed by atoms with Crippen molar-refractivity contribution in [2.75, 3.05) is 13.7 Å². The van der Waals surface area contributed by atoms with Crippen LogP contribution in [0.1, 0.15) is 24.0 Å². The molecule has 0 radical (unpaired) electrons. The zero-order chi connectivity index (χ0) is 19.4. The van der Waals surface area contributed by atoms with Crippen molar-refractivity contribution >= 4 is 17.8 Å². The van der Waals surface area contributed by atoms with Gasteiger partial charge in [0.25, 0.3) is 0 Å². The molecule has 0 fully saturated rings. The summed E-state index contributed by atoms with van der Waals surface area (Å²) in [5, 5.41) is 15.1. The Morgan fingerprint density at radius 3 is 2.19 bits per heavy atom. The molecule has 1 atom stereocenters. The SMILES string of the molecule is CON=C(C)[C@H](NC(=O)OCC1c2ccccc2-c2ccccc21)C(=O)O. The minimum absolute atomic E-state index is 0.0971. The first-order chi connectivity index (χ1) is 13.0. The van der Waals surface area contributed by atoms with Crippen molar-refractivity contribution in [3.05, 3.63) is 59.7 Å². The van der Waals surface area contributed by atoms with E-state index in [4.69, 9.17) is 4.74 Å². The smallest absolute Gasteiger partial charge is 0.408 e. The first kappa shape index (κ1) is 18.4. The minimum atomic E-state index is -1.32. The molecule has 0 aromatic heterocycles. The van der Waals surface area contributed by atoms with Crippen molar-refractivity contribution in [3.63, 3.8) is 0 Å². The van der Waals surface area contributed by atoms with Crippen molar-refractivity contribution in [2.45, 2.75) is 18.9 Å². The van der Waals surface area contributed by atoms with Crippen LogP contribution in [0.25, 0.3) is 11.1 Å². The number of hydrogen-bond acceptors (Lipinski definition) is 5. The highest BCUT2D eigenvalue weighted by Crippen LogP contribution is 2.44. The Morgan fingerprint density at radius 2 is 1.67 bits per heavy atom. The number of oxime groups is 1. The van der Waals surface area contributed by atoms with Gasteiger partial charge in [0.15, 0.2) is 6.04 Å². The van der Waals surface area contributed by atoms with Crippen LogP contribution < -0.4 is 5.32 Å². The van der Waals surface area contributed by atoms with E-state index in [1.165, 1.54) is 14.0 Å². The van der Waals surface area contributed by atoms with Gasteiger partial charge in [0.05, 0.1) is 5.71 Å². The third-order valence-corrected chi connectivity index (χ3v) is 4.51. The van der Waals surface area contributed by atoms with Crippen LogP contribution in [0.3, 0.4) is 0 Å². The monoisotopic (exact) mass is 368 g/mol. The van der Waals surface area contributed by atoms with Crippen LogP contribution in [-0.2, 0) is 14.4 Å². The molecule has 2 N–H and O–H groups in total. The zero-order valence-electron chi connectivity index (χ0n) is 15.0. The maximum Gasteiger partial charge on any atom is 0.408 e. The quantitative estimate of drug-likeness (QED) is 0.603. The Labute approximate surface area is 156 Å². The van der Waals surface area contributed by atoms with E-state index in [1.807, 2.05) is 48.5 Å². The number of nitrogens with zero attached hydrogens (tertiary/aromatic N) is 1. The van der Waals surface area contributed by atoms with Gasteiger partial charge in [-0.2, -0.15) is 0 Å². The van der Waals surface area contributed by atoms with Crippen LogP contribution in [0.4, 0.5) is 4.79 Å². The number of carboxylic acids is 1. The van der Waals surface area contributed by atoms with Gasteiger partial charge >= 0.3 is 12.1 Å². The summed E-state index contributed by atoms with van der Waals surface area (Å²) in [6.07, 6.45) is -0.824. The molecule has 0 spiro atoms. The molecule has 7 nitrogen and oxygen atoms in total. The molecule has 7 heteroatoms. The molecule has 3 rings (SSSR count). The number of carbonyl (C=O) groups is 2. The number of rotatable bonds is 6. The third-order valence-electron chi connectivity index (χ3n) is 4.51. The van der Waals surface area contributed by atoms with Gasteiger partial charge in [0.2, 0.25) is 0 Å². The lowest BCUT2D eigenvalue weighted by atomic mass is 9.98. The predicted octanol–water partition coefficient (Wildman–Crippen LogP) is 3.00. The fourth-order valence-corrected chi connectivity index (χ4v) is 3.30. The molecular weight excluding hydrogens is 348 g/mol. The van der Waals surface area contributed by atoms with Gasteiger partial charge in [-0.15, -0.1) is 0 Å². The molecule has 27 heavy (non-hydrogen) atoms. The van der Waals surface area contributed by atoms with E-state index in [-0.39, 0.29) is 18.2 Å². The number of amides is 1. The number of ether oxygens (including phenoxy) is 1. The molecule has 0 unspecified atom stereocenters. The van der Waals surface area contributed by atoms with E-state index in [0.717, 1.165) is 22.3 Å². The van der Waals surface area contributed by atoms with Crippen molar-refractivity contribution < 1.29 is 24.3 Å². The van der Waals surface area contributed by atoms with Gasteiger partial charge in [0.1, 0.15) is 13.7 Å². The molecule has 1 aliphatic rings. The largest absolute Gasteiger partial charge is 0.479 e. The molecule has 0 saturated heterocycles. The van der Waals surface area contributed by atoms with Crippen LogP contribution in [-0.4, -0.2) is 42.6 Å². The summed E-state index contributed by atoms with van der Waals surface area (Å²) in [5.74, 6) is -1.35. The highest BCUT2D eigenvalue weighted by Gasteiger charge is 2.30. The molecule has 0 saturated carbocycles. The Balaban J connectivity index is 1.72. The van der Waals surface area contributed by atoms with E-state index < -0.39 is 18.1 Å². The number of carbonyl (C=O) groups excluding carboxylic acids is 1. The highest BCUT2D eigenvalue weighted by atomic mass is 16.6. The predicted molar refractivity (Wildman–Crippen MR) is 99.7 cm³/mol. The summed E-state index contributed by atoms with van der Waals surface area (Å²) in [5.41, 5.74) is 4.51. The molecule has 2 aromatic carbocycles. The first-order valence-electron chi connectivity index (χ1n) is 8.45. The average molecular weight is 368 g/mol. The van der Waals surface area contributed by atoms with Gasteiger partial charge in [-0.3, -0.25) is 0 Å². The van der Waals surface area contributed by atoms with E-state index in [9.17, 15) is 14.7 Å². The second kappa shape index (κ2) is 7.90. The van der Waals surface area contributed by atoms with Crippen LogP contribution in [0.5, 0.6) is 0 Å². The summed E-state index contributed by atoms with van der Waals surface area (Å²) in [6.45, 7) is 1.55. The molecular formula is C20H20N2O5. The lowest BCUT2D eigenvalue weighted by Crippen LogP contribution is -2.46. The Kier molecular flexibility index (Phi) is 5.40. The van der Waals surface area contributed by atoms with E-state index in [2.05, 4.69) is 15.3 Å². The number of alkyl carbamates (subject to hydrolysis) is 1. The fraction of sp³-hybridized carbons (Fsp3) is 0.250. The van der Waals surface area contributed by atoms with Crippen LogP contribution in [0.15, 0.2) is 53.7 Å². The molecule has 140 valence electrons. The molecule has 2 aromatic rings. The lowest BCUT2D eigenvalue weighted by molar-refractivity contribution is -0.137. The maximum absolute atomic E-state index is 12.2. The molecule has 1 aliphatic carbocycles. The topological polar surface area (TPSA) is 97.2 Å². The normalized spacial score (nSPS) is 14.1. The molecule has 1 amide bonds. The van der Waals surface area contributed by atoms with Gasteiger partial charge < -0.3 is 20.0 Å². The first-order valence-corrected chi connectivity index (χ1v) is 8.45. The van der Waals surface area contributed by atoms with E-state index >= 15 is 0 Å². The number of aliphatic carboxylic acids is 1. The molecule has 0 heterocycles. The zero-order valence-corrected chi connectivity index (χ0v) is 15.0. The Morgan fingerprint density at radius 1 is 1.11 bits per heavy atom. The molecule has 0 aliphatic heterocycles. The number of benzene rings is 2. The summed E-state index contributed by atoms with van der Waals surface area (Å²) in [4.78, 5) is 28.1. The van der Waals surface area contributed by atoms with Crippen molar-refractivity contribution in [1.82, 2.24) is 5.32 Å². The van der Waals surface area contributed by atoms with Crippen molar-refractivity contribution in [3.8, 4) is 11.1 Å². The van der Waals surface area contributed by atoms with Gasteiger partial charge in [-0.1, -0.05) is 53.7 Å². The third kappa shape index (κ3) is 3.76. The Hall–Kier alpha value is -3.35. The number of fused-ring (bicyclic) bond motifs is 3. The fourth-order valence-electron chi connectivity index (χ4n) is 3.30. The average Bonchev–Trinajstić information content (AvgIpc) is 2.98. The highest BCUT2D eigenvalue weighted by molar-refractivity contribution is 6.06. The minimum Gasteiger partial charge on any atom is -0.479 e. The van der Waals surface area contributed by atoms with Crippen molar-refractivity contribution in [1.29, 1.82) is 0 Å². The summed E-state index contributed by atoms with van der Waals surface area (Å²) < 4.78 is 5.34. The summed E-state index contributed by atoms with van der Waals surface area (Å²) >= 11 is 0. The van der Waals surface area contributed by atoms with Gasteiger partial charge in [-0.05, 0) is 29.2 Å². The summed E-state index contributed by atoms with van der Waals surface area (Å²) in [7, 11) is 1.30. The van der Waals surface area contributed by atoms with Gasteiger partial charge in [-0.25, -0.2) is 9.59 Å².